The Labute approximate surface area is 117 Å². The number of hydrogen-bond donors (Lipinski definition) is 2. The molecule has 0 bridgehead atoms. The second kappa shape index (κ2) is 6.02. The molecule has 3 N–H and O–H groups in total. The van der Waals surface area contributed by atoms with E-state index in [-0.39, 0.29) is 5.75 Å². The van der Waals surface area contributed by atoms with Crippen molar-refractivity contribution in [1.29, 1.82) is 0 Å². The fourth-order valence-corrected chi connectivity index (χ4v) is 2.93. The Bertz CT molecular complexity index is 580. The number of aliphatic carboxylic acids is 1. The van der Waals surface area contributed by atoms with Gasteiger partial charge in [0.2, 0.25) is 5.95 Å². The van der Waals surface area contributed by atoms with Crippen LogP contribution in [0.3, 0.4) is 0 Å². The van der Waals surface area contributed by atoms with Gasteiger partial charge in [0, 0.05) is 24.0 Å². The second-order valence-electron chi connectivity index (χ2n) is 3.81. The molecule has 0 spiro atoms. The molecule has 0 radical (unpaired) electrons. The molecule has 0 aliphatic heterocycles. The molecule has 19 heavy (non-hydrogen) atoms. The van der Waals surface area contributed by atoms with E-state index in [4.69, 9.17) is 10.8 Å². The number of aromatic nitrogens is 4. The summed E-state index contributed by atoms with van der Waals surface area (Å²) < 4.78 is 1.71. The summed E-state index contributed by atoms with van der Waals surface area (Å²) in [5.41, 5.74) is 6.73. The highest BCUT2D eigenvalue weighted by Crippen LogP contribution is 2.19. The second-order valence-corrected chi connectivity index (χ2v) is 5.69. The summed E-state index contributed by atoms with van der Waals surface area (Å²) in [6.07, 6.45) is 0.724. The zero-order valence-corrected chi connectivity index (χ0v) is 11.9. The molecule has 0 aliphatic carbocycles. The lowest BCUT2D eigenvalue weighted by atomic mass is 10.4. The van der Waals surface area contributed by atoms with E-state index in [2.05, 4.69) is 15.2 Å². The zero-order valence-electron chi connectivity index (χ0n) is 10.2. The number of nitrogens with two attached hydrogens (primary N) is 1. The van der Waals surface area contributed by atoms with Gasteiger partial charge in [0.1, 0.15) is 0 Å². The van der Waals surface area contributed by atoms with Crippen LogP contribution in [0.2, 0.25) is 0 Å². The van der Waals surface area contributed by atoms with Gasteiger partial charge in [0.15, 0.2) is 5.16 Å². The predicted molar refractivity (Wildman–Crippen MR) is 73.3 cm³/mol. The Morgan fingerprint density at radius 2 is 2.37 bits per heavy atom. The normalized spacial score (nSPS) is 10.8. The van der Waals surface area contributed by atoms with Crippen LogP contribution in [-0.2, 0) is 17.8 Å². The molecule has 7 nitrogen and oxygen atoms in total. The molecule has 0 unspecified atom stereocenters. The van der Waals surface area contributed by atoms with Gasteiger partial charge in [-0.25, -0.2) is 4.98 Å². The summed E-state index contributed by atoms with van der Waals surface area (Å²) in [5, 5.41) is 19.8. The van der Waals surface area contributed by atoms with Crippen LogP contribution < -0.4 is 5.73 Å². The zero-order chi connectivity index (χ0) is 13.8. The molecule has 0 saturated heterocycles. The highest BCUT2D eigenvalue weighted by atomic mass is 32.2. The lowest BCUT2D eigenvalue weighted by Crippen LogP contribution is -2.08. The topological polar surface area (TPSA) is 107 Å². The molecule has 9 heteroatoms. The molecule has 0 aromatic carbocycles. The lowest BCUT2D eigenvalue weighted by molar-refractivity contribution is -0.133. The maximum absolute atomic E-state index is 10.6. The summed E-state index contributed by atoms with van der Waals surface area (Å²) in [6, 6.07) is 0. The number of anilines is 1. The average molecular weight is 299 g/mol. The van der Waals surface area contributed by atoms with E-state index in [9.17, 15) is 4.79 Å². The first-order valence-corrected chi connectivity index (χ1v) is 7.37. The van der Waals surface area contributed by atoms with Crippen LogP contribution in [0.25, 0.3) is 0 Å². The SMILES string of the molecule is Cc1csc(CCn2c(N)nnc2SCC(=O)O)n1. The molecule has 102 valence electrons. The van der Waals surface area contributed by atoms with Gasteiger partial charge >= 0.3 is 5.97 Å². The molecule has 0 atom stereocenters. The monoisotopic (exact) mass is 299 g/mol. The number of aryl methyl sites for hydroxylation is 2. The number of hydrogen-bond acceptors (Lipinski definition) is 7. The van der Waals surface area contributed by atoms with Gasteiger partial charge in [-0.15, -0.1) is 21.5 Å². The maximum Gasteiger partial charge on any atom is 0.313 e. The predicted octanol–water partition coefficient (Wildman–Crippen LogP) is 1.04. The van der Waals surface area contributed by atoms with Crippen molar-refractivity contribution in [2.75, 3.05) is 11.5 Å². The molecule has 0 saturated carbocycles. The van der Waals surface area contributed by atoms with E-state index in [0.29, 0.717) is 17.6 Å². The van der Waals surface area contributed by atoms with Crippen molar-refractivity contribution < 1.29 is 9.90 Å². The molecule has 2 heterocycles. The van der Waals surface area contributed by atoms with Crippen LogP contribution in [0.1, 0.15) is 10.7 Å². The van der Waals surface area contributed by atoms with Crippen molar-refractivity contribution >= 4 is 35.0 Å². The molecule has 2 aromatic heterocycles. The van der Waals surface area contributed by atoms with E-state index >= 15 is 0 Å². The number of carboxylic acids is 1. The standard InChI is InChI=1S/C10H13N5O2S2/c1-6-4-18-7(12-6)2-3-15-9(11)13-14-10(15)19-5-8(16)17/h4H,2-3,5H2,1H3,(H2,11,13)(H,16,17). The third-order valence-electron chi connectivity index (χ3n) is 2.29. The highest BCUT2D eigenvalue weighted by molar-refractivity contribution is 7.99. The van der Waals surface area contributed by atoms with Crippen molar-refractivity contribution in [3.63, 3.8) is 0 Å². The number of thiazole rings is 1. The van der Waals surface area contributed by atoms with Gasteiger partial charge in [0.25, 0.3) is 0 Å². The minimum atomic E-state index is -0.895. The number of nitrogens with zero attached hydrogens (tertiary/aromatic N) is 4. The van der Waals surface area contributed by atoms with Crippen molar-refractivity contribution in [2.24, 2.45) is 0 Å². The number of nitrogen functional groups attached to an aromatic ring is 1. The van der Waals surface area contributed by atoms with Crippen molar-refractivity contribution in [3.05, 3.63) is 16.1 Å². The third-order valence-corrected chi connectivity index (χ3v) is 4.26. The molecule has 2 aromatic rings. The third kappa shape index (κ3) is 3.67. The van der Waals surface area contributed by atoms with Gasteiger partial charge in [0.05, 0.1) is 10.8 Å². The fraction of sp³-hybridized carbons (Fsp3) is 0.400. The molecule has 2 rings (SSSR count). The average Bonchev–Trinajstić information content (AvgIpc) is 2.91. The first-order valence-electron chi connectivity index (χ1n) is 5.50. The summed E-state index contributed by atoms with van der Waals surface area (Å²) in [4.78, 5) is 14.9. The largest absolute Gasteiger partial charge is 0.481 e. The smallest absolute Gasteiger partial charge is 0.313 e. The Balaban J connectivity index is 2.02. The van der Waals surface area contributed by atoms with Crippen LogP contribution in [0.4, 0.5) is 5.95 Å². The minimum absolute atomic E-state index is 0.0610. The van der Waals surface area contributed by atoms with Crippen LogP contribution >= 0.6 is 23.1 Å². The molecular formula is C10H13N5O2S2. The first kappa shape index (κ1) is 13.8. The maximum atomic E-state index is 10.6. The van der Waals surface area contributed by atoms with E-state index in [1.165, 1.54) is 0 Å². The van der Waals surface area contributed by atoms with Crippen LogP contribution in [0.5, 0.6) is 0 Å². The molecule has 0 fully saturated rings. The first-order chi connectivity index (χ1) is 9.06. The van der Waals surface area contributed by atoms with Gasteiger partial charge in [-0.1, -0.05) is 11.8 Å². The number of rotatable bonds is 6. The summed E-state index contributed by atoms with van der Waals surface area (Å²) in [6.45, 7) is 2.54. The van der Waals surface area contributed by atoms with Crippen LogP contribution in [-0.4, -0.2) is 36.6 Å². The van der Waals surface area contributed by atoms with Gasteiger partial charge in [-0.2, -0.15) is 0 Å². The van der Waals surface area contributed by atoms with Gasteiger partial charge in [-0.3, -0.25) is 9.36 Å². The Morgan fingerprint density at radius 3 is 3.00 bits per heavy atom. The van der Waals surface area contributed by atoms with E-state index < -0.39 is 5.97 Å². The quantitative estimate of drug-likeness (QED) is 0.767. The molecule has 0 amide bonds. The van der Waals surface area contributed by atoms with Crippen molar-refractivity contribution in [1.82, 2.24) is 19.7 Å². The Hall–Kier alpha value is -1.61. The summed E-state index contributed by atoms with van der Waals surface area (Å²) in [7, 11) is 0. The highest BCUT2D eigenvalue weighted by Gasteiger charge is 2.12. The summed E-state index contributed by atoms with van der Waals surface area (Å²) >= 11 is 2.70. The van der Waals surface area contributed by atoms with Crippen molar-refractivity contribution in [2.45, 2.75) is 25.0 Å². The Kier molecular flexibility index (Phi) is 4.38. The van der Waals surface area contributed by atoms with E-state index in [0.717, 1.165) is 28.9 Å². The fourth-order valence-electron chi connectivity index (χ4n) is 1.47. The number of carbonyl (C=O) groups is 1. The van der Waals surface area contributed by atoms with E-state index in [1.807, 2.05) is 12.3 Å². The Morgan fingerprint density at radius 1 is 1.58 bits per heavy atom. The number of thioether (sulfide) groups is 1. The van der Waals surface area contributed by atoms with Crippen LogP contribution in [0, 0.1) is 6.92 Å². The summed E-state index contributed by atoms with van der Waals surface area (Å²) in [5.74, 6) is -0.663. The number of carboxylic acid groups (broad SMARTS) is 1. The lowest BCUT2D eigenvalue weighted by Gasteiger charge is -2.05. The minimum Gasteiger partial charge on any atom is -0.481 e. The van der Waals surface area contributed by atoms with Crippen LogP contribution in [0.15, 0.2) is 10.5 Å². The van der Waals surface area contributed by atoms with Gasteiger partial charge < -0.3 is 10.8 Å². The van der Waals surface area contributed by atoms with E-state index in [1.54, 1.807) is 15.9 Å². The van der Waals surface area contributed by atoms with Gasteiger partial charge in [-0.05, 0) is 6.92 Å². The van der Waals surface area contributed by atoms with Crippen molar-refractivity contribution in [3.8, 4) is 0 Å². The molecular weight excluding hydrogens is 286 g/mol. The molecule has 0 aliphatic rings.